The van der Waals surface area contributed by atoms with Crippen LogP contribution in [0.15, 0.2) is 30.3 Å². The average Bonchev–Trinajstić information content (AvgIpc) is 3.42. The summed E-state index contributed by atoms with van der Waals surface area (Å²) in [5.74, 6) is 0. The monoisotopic (exact) mass is 550 g/mol. The summed E-state index contributed by atoms with van der Waals surface area (Å²) in [6, 6.07) is 10.5. The molecule has 1 saturated heterocycles. The Morgan fingerprint density at radius 1 is 0.848 bits per heavy atom. The van der Waals surface area contributed by atoms with Crippen molar-refractivity contribution in [3.63, 3.8) is 0 Å². The van der Waals surface area contributed by atoms with Gasteiger partial charge in [-0.2, -0.15) is 0 Å². The molecule has 0 aromatic heterocycles. The maximum atomic E-state index is 10.9. The second-order valence-corrected chi connectivity index (χ2v) is 28.1. The highest BCUT2D eigenvalue weighted by Gasteiger charge is 2.55. The summed E-state index contributed by atoms with van der Waals surface area (Å²) in [5, 5.41) is 0.795. The second kappa shape index (κ2) is 11.4. The predicted molar refractivity (Wildman–Crippen MR) is 141 cm³/mol. The number of ether oxygens (including phenoxy) is 2. The summed E-state index contributed by atoms with van der Waals surface area (Å²) >= 11 is 0. The molecule has 0 spiro atoms. The van der Waals surface area contributed by atoms with Crippen molar-refractivity contribution in [2.45, 2.75) is 70.9 Å². The van der Waals surface area contributed by atoms with Gasteiger partial charge in [-0.25, -0.2) is 0 Å². The molecule has 2 rings (SSSR count). The van der Waals surface area contributed by atoms with E-state index in [0.717, 1.165) is 24.3 Å². The fourth-order valence-electron chi connectivity index (χ4n) is 3.55. The van der Waals surface area contributed by atoms with Gasteiger partial charge in [0.1, 0.15) is 6.10 Å². The van der Waals surface area contributed by atoms with Gasteiger partial charge in [0.05, 0.1) is 13.2 Å². The van der Waals surface area contributed by atoms with E-state index in [2.05, 4.69) is 13.1 Å². The third kappa shape index (κ3) is 11.5. The van der Waals surface area contributed by atoms with Crippen LogP contribution < -0.4 is 5.19 Å². The van der Waals surface area contributed by atoms with Crippen LogP contribution in [0.5, 0.6) is 0 Å². The predicted octanol–water partition coefficient (Wildman–Crippen LogP) is 3.00. The lowest BCUT2D eigenvalue weighted by Gasteiger charge is -2.44. The number of hydrogen-bond acceptors (Lipinski definition) is 8. The first-order chi connectivity index (χ1) is 15.0. The topological polar surface area (TPSA) is 99.1 Å². The Morgan fingerprint density at radius 3 is 1.94 bits per heavy atom. The molecule has 13 heteroatoms. The van der Waals surface area contributed by atoms with Crippen LogP contribution in [0.25, 0.3) is 0 Å². The van der Waals surface area contributed by atoms with Gasteiger partial charge >= 0.3 is 34.5 Å². The minimum absolute atomic E-state index is 0.259. The lowest BCUT2D eigenvalue weighted by atomic mass is 10.4. The molecule has 1 heterocycles. The van der Waals surface area contributed by atoms with Crippen LogP contribution in [-0.2, 0) is 25.9 Å². The van der Waals surface area contributed by atoms with E-state index in [1.54, 1.807) is 26.2 Å². The summed E-state index contributed by atoms with van der Waals surface area (Å²) in [6.45, 7) is 17.0. The molecule has 1 fully saturated rings. The van der Waals surface area contributed by atoms with E-state index >= 15 is 0 Å². The van der Waals surface area contributed by atoms with Crippen molar-refractivity contribution in [2.75, 3.05) is 19.8 Å². The van der Waals surface area contributed by atoms with Gasteiger partial charge in [0.2, 0.25) is 0 Å². The van der Waals surface area contributed by atoms with Gasteiger partial charge in [-0.3, -0.25) is 0 Å². The normalized spacial score (nSPS) is 19.4. The Hall–Kier alpha value is -0.0156. The van der Waals surface area contributed by atoms with Crippen molar-refractivity contribution in [1.82, 2.24) is 0 Å². The molecule has 1 aliphatic rings. The Morgan fingerprint density at radius 2 is 1.42 bits per heavy atom. The molecule has 0 amide bonds. The lowest BCUT2D eigenvalue weighted by Crippen LogP contribution is -2.69. The van der Waals surface area contributed by atoms with Gasteiger partial charge in [0, 0.05) is 11.8 Å². The molecule has 2 N–H and O–H groups in total. The third-order valence-electron chi connectivity index (χ3n) is 4.57. The third-order valence-corrected chi connectivity index (χ3v) is 20.5. The molecular formula is C20H42O8Si5. The van der Waals surface area contributed by atoms with Gasteiger partial charge in [0.15, 0.2) is 8.32 Å². The molecule has 2 unspecified atom stereocenters. The number of epoxide rings is 1. The van der Waals surface area contributed by atoms with Crippen LogP contribution in [0.1, 0.15) is 6.42 Å². The zero-order valence-electron chi connectivity index (χ0n) is 21.3. The largest absolute Gasteiger partial charge is 0.508 e. The molecule has 1 aromatic rings. The standard InChI is InChI=1S/C20H42O8Si5/c1-29(2,16-12-15-23-17-19-18-24-19)25-33(27-31(5,6)22,20-13-10-9-11-14-20)28-32(7,8)26-30(3,4)21/h9-11,13-14,19,21-22H,12,15-18H2,1-8H3. The van der Waals surface area contributed by atoms with Gasteiger partial charge in [0.25, 0.3) is 0 Å². The lowest BCUT2D eigenvalue weighted by molar-refractivity contribution is 0.116. The summed E-state index contributed by atoms with van der Waals surface area (Å²) in [4.78, 5) is 21.3. The number of rotatable bonds is 15. The maximum Gasteiger partial charge on any atom is 0.508 e. The zero-order chi connectivity index (χ0) is 25.0. The highest BCUT2D eigenvalue weighted by molar-refractivity contribution is 6.95. The molecular weight excluding hydrogens is 509 g/mol. The molecule has 0 saturated carbocycles. The van der Waals surface area contributed by atoms with E-state index in [1.165, 1.54) is 0 Å². The molecule has 0 aliphatic carbocycles. The van der Waals surface area contributed by atoms with Crippen LogP contribution >= 0.6 is 0 Å². The van der Waals surface area contributed by atoms with Crippen LogP contribution in [0, 0.1) is 0 Å². The average molecular weight is 551 g/mol. The van der Waals surface area contributed by atoms with Crippen molar-refractivity contribution >= 4 is 48.0 Å². The highest BCUT2D eigenvalue weighted by atomic mass is 28.5. The zero-order valence-corrected chi connectivity index (χ0v) is 26.3. The summed E-state index contributed by atoms with van der Waals surface area (Å²) < 4.78 is 37.0. The summed E-state index contributed by atoms with van der Waals surface area (Å²) in [5.41, 5.74) is 0. The van der Waals surface area contributed by atoms with Crippen molar-refractivity contribution < 1.29 is 35.5 Å². The Kier molecular flexibility index (Phi) is 10.1. The van der Waals surface area contributed by atoms with Gasteiger partial charge < -0.3 is 35.5 Å². The smallest absolute Gasteiger partial charge is 0.415 e. The fraction of sp³-hybridized carbons (Fsp3) is 0.700. The Bertz CT molecular complexity index is 734. The first-order valence-electron chi connectivity index (χ1n) is 11.5. The van der Waals surface area contributed by atoms with Crippen LogP contribution in [0.4, 0.5) is 0 Å². The Labute approximate surface area is 204 Å². The van der Waals surface area contributed by atoms with Crippen molar-refractivity contribution in [3.05, 3.63) is 30.3 Å². The van der Waals surface area contributed by atoms with E-state index < -0.39 is 42.8 Å². The van der Waals surface area contributed by atoms with E-state index in [1.807, 2.05) is 43.4 Å². The van der Waals surface area contributed by atoms with E-state index in [0.29, 0.717) is 13.2 Å². The van der Waals surface area contributed by atoms with Gasteiger partial charge in [-0.1, -0.05) is 30.3 Å². The number of benzene rings is 1. The minimum atomic E-state index is -3.59. The molecule has 2 atom stereocenters. The highest BCUT2D eigenvalue weighted by Crippen LogP contribution is 2.28. The molecule has 33 heavy (non-hydrogen) atoms. The van der Waals surface area contributed by atoms with E-state index in [4.69, 9.17) is 25.9 Å². The van der Waals surface area contributed by atoms with Crippen LogP contribution in [0.2, 0.25) is 58.4 Å². The molecule has 1 aliphatic heterocycles. The SMILES string of the molecule is C[Si](C)(O)O[Si](C)(C)O[Si](O[Si](C)(C)O)(O[Si](C)(C)CCCOCC1CO1)c1ccccc1. The molecule has 0 bridgehead atoms. The maximum absolute atomic E-state index is 10.9. The van der Waals surface area contributed by atoms with Gasteiger partial charge in [-0.05, 0) is 64.8 Å². The quantitative estimate of drug-likeness (QED) is 0.195. The Balaban J connectivity index is 2.29. The molecule has 0 radical (unpaired) electrons. The van der Waals surface area contributed by atoms with Crippen LogP contribution in [-0.4, -0.2) is 78.3 Å². The number of hydrogen-bond donors (Lipinski definition) is 2. The van der Waals surface area contributed by atoms with E-state index in [9.17, 15) is 9.59 Å². The summed E-state index contributed by atoms with van der Waals surface area (Å²) in [6.07, 6.45) is 1.12. The van der Waals surface area contributed by atoms with Gasteiger partial charge in [-0.15, -0.1) is 0 Å². The first-order valence-corrected chi connectivity index (χ1v) is 24.9. The molecule has 190 valence electrons. The molecule has 1 aromatic carbocycles. The van der Waals surface area contributed by atoms with Crippen molar-refractivity contribution in [3.8, 4) is 0 Å². The second-order valence-electron chi connectivity index (χ2n) is 10.5. The summed E-state index contributed by atoms with van der Waals surface area (Å²) in [7, 11) is -14.7. The van der Waals surface area contributed by atoms with Crippen molar-refractivity contribution in [2.24, 2.45) is 0 Å². The molecule has 8 nitrogen and oxygen atoms in total. The van der Waals surface area contributed by atoms with Crippen molar-refractivity contribution in [1.29, 1.82) is 0 Å². The fourth-order valence-corrected chi connectivity index (χ4v) is 22.1. The van der Waals surface area contributed by atoms with E-state index in [-0.39, 0.29) is 6.10 Å². The first kappa shape index (κ1) is 29.2. The minimum Gasteiger partial charge on any atom is -0.415 e. The van der Waals surface area contributed by atoms with Crippen LogP contribution in [0.3, 0.4) is 0 Å².